The van der Waals surface area contributed by atoms with E-state index in [1.165, 1.54) is 6.07 Å². The zero-order valence-electron chi connectivity index (χ0n) is 18.9. The highest BCUT2D eigenvalue weighted by atomic mass is 35.5. The maximum absolute atomic E-state index is 13.7. The van der Waals surface area contributed by atoms with Crippen molar-refractivity contribution >= 4 is 62.3 Å². The Hall–Kier alpha value is -3.93. The predicted octanol–water partition coefficient (Wildman–Crippen LogP) is 7.03. The van der Waals surface area contributed by atoms with E-state index in [4.69, 9.17) is 28.9 Å². The molecule has 0 atom stereocenters. The predicted molar refractivity (Wildman–Crippen MR) is 141 cm³/mol. The maximum Gasteiger partial charge on any atom is 0.433 e. The van der Waals surface area contributed by atoms with Gasteiger partial charge in [-0.1, -0.05) is 59.6 Å². The summed E-state index contributed by atoms with van der Waals surface area (Å²) in [6, 6.07) is 15.4. The van der Waals surface area contributed by atoms with Crippen molar-refractivity contribution in [2.24, 2.45) is 5.73 Å². The van der Waals surface area contributed by atoms with Gasteiger partial charge >= 0.3 is 6.18 Å². The molecule has 2 aromatic carbocycles. The Morgan fingerprint density at radius 3 is 2.37 bits per heavy atom. The minimum atomic E-state index is -4.74. The summed E-state index contributed by atoms with van der Waals surface area (Å²) < 4.78 is 41.0. The van der Waals surface area contributed by atoms with Crippen molar-refractivity contribution in [3.8, 4) is 22.4 Å². The third-order valence-corrected chi connectivity index (χ3v) is 7.37. The Morgan fingerprint density at radius 2 is 1.71 bits per heavy atom. The Labute approximate surface area is 226 Å². The molecule has 0 aliphatic carbocycles. The first-order valence-electron chi connectivity index (χ1n) is 10.7. The molecule has 7 nitrogen and oxygen atoms in total. The number of halogens is 5. The van der Waals surface area contributed by atoms with E-state index in [0.717, 1.165) is 6.07 Å². The average molecular weight is 576 g/mol. The number of fused-ring (bicyclic) bond motifs is 1. The second-order valence-corrected chi connectivity index (χ2v) is 9.83. The van der Waals surface area contributed by atoms with Crippen LogP contribution in [0.1, 0.15) is 25.9 Å². The zero-order chi connectivity index (χ0) is 27.2. The highest BCUT2D eigenvalue weighted by Crippen LogP contribution is 2.43. The third kappa shape index (κ3) is 4.83. The van der Waals surface area contributed by atoms with Crippen molar-refractivity contribution < 1.29 is 22.8 Å². The van der Waals surface area contributed by atoms with Gasteiger partial charge in [0.05, 0.1) is 21.4 Å². The van der Waals surface area contributed by atoms with Crippen LogP contribution in [-0.4, -0.2) is 27.0 Å². The average Bonchev–Trinajstić information content (AvgIpc) is 3.51. The van der Waals surface area contributed by atoms with Gasteiger partial charge < -0.3 is 11.1 Å². The van der Waals surface area contributed by atoms with Gasteiger partial charge in [-0.05, 0) is 35.4 Å². The van der Waals surface area contributed by atoms with Crippen LogP contribution in [0.3, 0.4) is 0 Å². The molecule has 0 unspecified atom stereocenters. The summed E-state index contributed by atoms with van der Waals surface area (Å²) in [5.41, 5.74) is 5.90. The van der Waals surface area contributed by atoms with E-state index in [0.29, 0.717) is 38.2 Å². The summed E-state index contributed by atoms with van der Waals surface area (Å²) in [6.45, 7) is 0. The second kappa shape index (κ2) is 9.75. The van der Waals surface area contributed by atoms with Gasteiger partial charge in [0.1, 0.15) is 21.1 Å². The fourth-order valence-electron chi connectivity index (χ4n) is 3.80. The number of pyridine rings is 1. The lowest BCUT2D eigenvalue weighted by atomic mass is 10.0. The normalized spacial score (nSPS) is 11.6. The van der Waals surface area contributed by atoms with Gasteiger partial charge in [-0.3, -0.25) is 14.7 Å². The van der Waals surface area contributed by atoms with Crippen LogP contribution in [0.5, 0.6) is 0 Å². The van der Waals surface area contributed by atoms with Crippen LogP contribution in [0.15, 0.2) is 60.7 Å². The van der Waals surface area contributed by atoms with Gasteiger partial charge in [-0.25, -0.2) is 4.98 Å². The lowest BCUT2D eigenvalue weighted by Gasteiger charge is -2.12. The van der Waals surface area contributed by atoms with E-state index in [1.807, 2.05) is 0 Å². The van der Waals surface area contributed by atoms with E-state index in [9.17, 15) is 22.8 Å². The molecule has 5 aromatic rings. The molecule has 0 saturated carbocycles. The van der Waals surface area contributed by atoms with Gasteiger partial charge in [0, 0.05) is 10.9 Å². The number of aromatic nitrogens is 3. The molecule has 0 bridgehead atoms. The minimum Gasteiger partial charge on any atom is -0.365 e. The molecule has 0 radical (unpaired) electrons. The fraction of sp³-hybridized carbons (Fsp3) is 0.0400. The topological polar surface area (TPSA) is 114 Å². The fourth-order valence-corrected chi connectivity index (χ4v) is 5.11. The molecule has 2 amide bonds. The number of alkyl halides is 3. The highest BCUT2D eigenvalue weighted by Gasteiger charge is 2.35. The standard InChI is InChI=1S/C25H14Cl2F3N5O2S/c26-14-7-6-12(8-15(14)27)16-10-17(35-34-16)23(37)33-20-19-13(11-4-2-1-3-5-11)9-18(25(28,29)30)32-24(19)38-21(20)22(31)36/h1-10H,(H2,31,36)(H,33,37)(H,34,35). The van der Waals surface area contributed by atoms with Crippen LogP contribution in [-0.2, 0) is 6.18 Å². The molecule has 5 rings (SSSR count). The summed E-state index contributed by atoms with van der Waals surface area (Å²) in [7, 11) is 0. The lowest BCUT2D eigenvalue weighted by molar-refractivity contribution is -0.140. The molecular formula is C25H14Cl2F3N5O2S. The van der Waals surface area contributed by atoms with Gasteiger partial charge in [0.2, 0.25) is 0 Å². The second-order valence-electron chi connectivity index (χ2n) is 8.02. The van der Waals surface area contributed by atoms with Crippen LogP contribution in [0.25, 0.3) is 32.6 Å². The van der Waals surface area contributed by atoms with Crippen molar-refractivity contribution in [1.82, 2.24) is 15.2 Å². The highest BCUT2D eigenvalue weighted by molar-refractivity contribution is 7.21. The van der Waals surface area contributed by atoms with E-state index >= 15 is 0 Å². The number of nitrogens with one attached hydrogen (secondary N) is 2. The smallest absolute Gasteiger partial charge is 0.365 e. The first kappa shape index (κ1) is 25.7. The van der Waals surface area contributed by atoms with Crippen LogP contribution in [0.4, 0.5) is 18.9 Å². The number of anilines is 1. The van der Waals surface area contributed by atoms with E-state index < -0.39 is 23.7 Å². The summed E-state index contributed by atoms with van der Waals surface area (Å²) >= 11 is 12.7. The molecule has 3 heterocycles. The van der Waals surface area contributed by atoms with Crippen molar-refractivity contribution in [3.63, 3.8) is 0 Å². The number of nitrogens with zero attached hydrogens (tertiary/aromatic N) is 2. The van der Waals surface area contributed by atoms with Crippen LogP contribution >= 0.6 is 34.5 Å². The summed E-state index contributed by atoms with van der Waals surface area (Å²) in [5.74, 6) is -1.64. The van der Waals surface area contributed by atoms with E-state index in [1.54, 1.807) is 48.5 Å². The van der Waals surface area contributed by atoms with Crippen LogP contribution in [0, 0.1) is 0 Å². The number of hydrogen-bond donors (Lipinski definition) is 3. The number of primary amides is 1. The number of thiophene rings is 1. The summed E-state index contributed by atoms with van der Waals surface area (Å²) in [6.07, 6.45) is -4.74. The van der Waals surface area contributed by atoms with Crippen molar-refractivity contribution in [2.75, 3.05) is 5.32 Å². The quantitative estimate of drug-likeness (QED) is 0.209. The van der Waals surface area contributed by atoms with Crippen molar-refractivity contribution in [1.29, 1.82) is 0 Å². The number of carbonyl (C=O) groups is 2. The SMILES string of the molecule is NC(=O)c1sc2nc(C(F)(F)F)cc(-c3ccccc3)c2c1NC(=O)c1cc(-c2ccc(Cl)c(Cl)c2)n[nH]1. The van der Waals surface area contributed by atoms with Crippen molar-refractivity contribution in [2.45, 2.75) is 6.18 Å². The Bertz CT molecular complexity index is 1720. The molecule has 13 heteroatoms. The number of benzene rings is 2. The number of rotatable bonds is 5. The Balaban J connectivity index is 1.62. The molecule has 0 saturated heterocycles. The molecular weight excluding hydrogens is 562 g/mol. The molecule has 4 N–H and O–H groups in total. The number of carbonyl (C=O) groups excluding carboxylic acids is 2. The van der Waals surface area contributed by atoms with Gasteiger partial charge in [0.25, 0.3) is 11.8 Å². The minimum absolute atomic E-state index is 0.0157. The molecule has 0 aliphatic rings. The third-order valence-electron chi connectivity index (χ3n) is 5.54. The zero-order valence-corrected chi connectivity index (χ0v) is 21.2. The first-order valence-corrected chi connectivity index (χ1v) is 12.3. The van der Waals surface area contributed by atoms with Gasteiger partial charge in [0.15, 0.2) is 0 Å². The van der Waals surface area contributed by atoms with E-state index in [2.05, 4.69) is 20.5 Å². The molecule has 0 fully saturated rings. The number of H-pyrrole nitrogens is 1. The maximum atomic E-state index is 13.7. The number of nitrogens with two attached hydrogens (primary N) is 1. The summed E-state index contributed by atoms with van der Waals surface area (Å²) in [5, 5.41) is 10.1. The number of hydrogen-bond acceptors (Lipinski definition) is 5. The van der Waals surface area contributed by atoms with Gasteiger partial charge in [-0.2, -0.15) is 18.3 Å². The first-order chi connectivity index (χ1) is 18.0. The number of amides is 2. The van der Waals surface area contributed by atoms with Crippen molar-refractivity contribution in [3.05, 3.63) is 87.0 Å². The lowest BCUT2D eigenvalue weighted by Crippen LogP contribution is -2.17. The van der Waals surface area contributed by atoms with Crippen LogP contribution < -0.4 is 11.1 Å². The van der Waals surface area contributed by atoms with E-state index in [-0.39, 0.29) is 32.0 Å². The molecule has 192 valence electrons. The van der Waals surface area contributed by atoms with Crippen LogP contribution in [0.2, 0.25) is 10.0 Å². The monoisotopic (exact) mass is 575 g/mol. The van der Waals surface area contributed by atoms with Gasteiger partial charge in [-0.15, -0.1) is 11.3 Å². The largest absolute Gasteiger partial charge is 0.433 e. The Morgan fingerprint density at radius 1 is 0.974 bits per heavy atom. The number of aromatic amines is 1. The molecule has 3 aromatic heterocycles. The Kier molecular flexibility index (Phi) is 6.59. The molecule has 0 aliphatic heterocycles. The molecule has 38 heavy (non-hydrogen) atoms. The summed E-state index contributed by atoms with van der Waals surface area (Å²) in [4.78, 5) is 28.9. The molecule has 0 spiro atoms.